The van der Waals surface area contributed by atoms with Gasteiger partial charge in [-0.05, 0) is 46.7 Å². The average Bonchev–Trinajstić information content (AvgIpc) is 3.33. The first-order valence-corrected chi connectivity index (χ1v) is 11.5. The standard InChI is InChI=1S/C25H23N3O2S/c1-16-13-21(16)23(18-8-3-2-4-9-18)26-22(29)15-31-25-28-27-24(30-25)20-12-11-17-7-5-6-10-19(17)14-20/h2-12,14,16,21,23H,13,15H2,1H3,(H,26,29). The molecular formula is C25H23N3O2S. The molecule has 5 nitrogen and oxygen atoms in total. The van der Waals surface area contributed by atoms with E-state index in [1.165, 1.54) is 11.8 Å². The maximum absolute atomic E-state index is 12.6. The molecule has 1 aromatic heterocycles. The van der Waals surface area contributed by atoms with E-state index in [-0.39, 0.29) is 17.7 Å². The van der Waals surface area contributed by atoms with E-state index in [0.29, 0.717) is 22.9 Å². The van der Waals surface area contributed by atoms with Crippen LogP contribution in [0.3, 0.4) is 0 Å². The summed E-state index contributed by atoms with van der Waals surface area (Å²) in [5, 5.41) is 14.1. The summed E-state index contributed by atoms with van der Waals surface area (Å²) in [6, 6.07) is 24.4. The van der Waals surface area contributed by atoms with Crippen molar-refractivity contribution in [1.82, 2.24) is 15.5 Å². The van der Waals surface area contributed by atoms with Gasteiger partial charge in [0.25, 0.3) is 5.22 Å². The van der Waals surface area contributed by atoms with Crippen LogP contribution in [0.25, 0.3) is 22.2 Å². The van der Waals surface area contributed by atoms with Gasteiger partial charge in [0.05, 0.1) is 11.8 Å². The van der Waals surface area contributed by atoms with Gasteiger partial charge >= 0.3 is 0 Å². The highest BCUT2D eigenvalue weighted by molar-refractivity contribution is 7.99. The quantitative estimate of drug-likeness (QED) is 0.393. The number of hydrogen-bond donors (Lipinski definition) is 1. The largest absolute Gasteiger partial charge is 0.411 e. The molecule has 6 heteroatoms. The molecule has 1 amide bonds. The highest BCUT2D eigenvalue weighted by atomic mass is 32.2. The lowest BCUT2D eigenvalue weighted by molar-refractivity contribution is -0.119. The van der Waals surface area contributed by atoms with Crippen molar-refractivity contribution < 1.29 is 9.21 Å². The van der Waals surface area contributed by atoms with Crippen LogP contribution in [0.2, 0.25) is 0 Å². The summed E-state index contributed by atoms with van der Waals surface area (Å²) in [7, 11) is 0. The highest BCUT2D eigenvalue weighted by Crippen LogP contribution is 2.47. The van der Waals surface area contributed by atoms with Crippen molar-refractivity contribution in [3.63, 3.8) is 0 Å². The Labute approximate surface area is 185 Å². The van der Waals surface area contributed by atoms with Crippen LogP contribution in [0.15, 0.2) is 82.4 Å². The summed E-state index contributed by atoms with van der Waals surface area (Å²) in [4.78, 5) is 12.6. The Kier molecular flexibility index (Phi) is 5.47. The van der Waals surface area contributed by atoms with Gasteiger partial charge < -0.3 is 9.73 Å². The van der Waals surface area contributed by atoms with E-state index in [9.17, 15) is 4.79 Å². The van der Waals surface area contributed by atoms with E-state index in [4.69, 9.17) is 4.42 Å². The first-order chi connectivity index (χ1) is 15.2. The summed E-state index contributed by atoms with van der Waals surface area (Å²) < 4.78 is 5.80. The molecule has 31 heavy (non-hydrogen) atoms. The van der Waals surface area contributed by atoms with Crippen LogP contribution in [-0.4, -0.2) is 21.9 Å². The third-order valence-electron chi connectivity index (χ3n) is 5.80. The Morgan fingerprint density at radius 1 is 1.06 bits per heavy atom. The molecule has 0 saturated heterocycles. The van der Waals surface area contributed by atoms with Crippen molar-refractivity contribution in [2.24, 2.45) is 11.8 Å². The third kappa shape index (κ3) is 4.49. The monoisotopic (exact) mass is 429 g/mol. The van der Waals surface area contributed by atoms with Crippen molar-refractivity contribution in [2.45, 2.75) is 24.6 Å². The molecule has 3 atom stereocenters. The van der Waals surface area contributed by atoms with Crippen molar-refractivity contribution in [3.05, 3.63) is 78.4 Å². The number of benzene rings is 3. The number of aromatic nitrogens is 2. The lowest BCUT2D eigenvalue weighted by Crippen LogP contribution is -2.31. The van der Waals surface area contributed by atoms with E-state index < -0.39 is 0 Å². The fourth-order valence-corrected chi connectivity index (χ4v) is 4.54. The maximum atomic E-state index is 12.6. The van der Waals surface area contributed by atoms with Gasteiger partial charge in [0.2, 0.25) is 11.8 Å². The molecule has 3 unspecified atom stereocenters. The van der Waals surface area contributed by atoms with Crippen LogP contribution in [0, 0.1) is 11.8 Å². The molecule has 1 saturated carbocycles. The second kappa shape index (κ2) is 8.55. The van der Waals surface area contributed by atoms with Gasteiger partial charge in [-0.2, -0.15) is 0 Å². The second-order valence-corrected chi connectivity index (χ2v) is 8.98. The minimum absolute atomic E-state index is 0.0246. The van der Waals surface area contributed by atoms with Crippen molar-refractivity contribution in [1.29, 1.82) is 0 Å². The van der Waals surface area contributed by atoms with E-state index in [1.807, 2.05) is 48.5 Å². The molecule has 156 valence electrons. The lowest BCUT2D eigenvalue weighted by Gasteiger charge is -2.19. The SMILES string of the molecule is CC1CC1C(NC(=O)CSc1nnc(-c2ccc3ccccc3c2)o1)c1ccccc1. The smallest absolute Gasteiger partial charge is 0.277 e. The molecule has 1 aliphatic carbocycles. The Morgan fingerprint density at radius 3 is 2.58 bits per heavy atom. The molecule has 1 aliphatic rings. The van der Waals surface area contributed by atoms with Crippen molar-refractivity contribution in [3.8, 4) is 11.5 Å². The van der Waals surface area contributed by atoms with Gasteiger partial charge in [-0.3, -0.25) is 4.79 Å². The van der Waals surface area contributed by atoms with Crippen LogP contribution in [0.4, 0.5) is 0 Å². The number of fused-ring (bicyclic) bond motifs is 1. The van der Waals surface area contributed by atoms with Crippen molar-refractivity contribution >= 4 is 28.4 Å². The zero-order valence-electron chi connectivity index (χ0n) is 17.2. The van der Waals surface area contributed by atoms with Crippen molar-refractivity contribution in [2.75, 3.05) is 5.75 Å². The van der Waals surface area contributed by atoms with Crippen LogP contribution in [0.5, 0.6) is 0 Å². The lowest BCUT2D eigenvalue weighted by atomic mass is 10.0. The van der Waals surface area contributed by atoms with Crippen LogP contribution < -0.4 is 5.32 Å². The predicted octanol–water partition coefficient (Wildman–Crippen LogP) is 5.50. The van der Waals surface area contributed by atoms with Crippen LogP contribution in [0.1, 0.15) is 24.9 Å². The van der Waals surface area contributed by atoms with Gasteiger partial charge in [0.1, 0.15) is 0 Å². The number of carbonyl (C=O) groups is 1. The van der Waals surface area contributed by atoms with E-state index >= 15 is 0 Å². The second-order valence-electron chi connectivity index (χ2n) is 8.06. The molecule has 3 aromatic carbocycles. The summed E-state index contributed by atoms with van der Waals surface area (Å²) >= 11 is 1.27. The normalized spacial score (nSPS) is 18.6. The number of hydrogen-bond acceptors (Lipinski definition) is 5. The Balaban J connectivity index is 1.23. The molecule has 1 heterocycles. The first kappa shape index (κ1) is 19.8. The molecule has 1 N–H and O–H groups in total. The Bertz CT molecular complexity index is 1210. The molecule has 0 radical (unpaired) electrons. The molecule has 1 fully saturated rings. The molecule has 0 spiro atoms. The number of amides is 1. The van der Waals surface area contributed by atoms with Crippen LogP contribution in [-0.2, 0) is 4.79 Å². The minimum Gasteiger partial charge on any atom is -0.411 e. The Hall–Kier alpha value is -3.12. The number of carbonyl (C=O) groups excluding carboxylic acids is 1. The van der Waals surface area contributed by atoms with Gasteiger partial charge in [-0.25, -0.2) is 0 Å². The molecule has 4 aromatic rings. The summed E-state index contributed by atoms with van der Waals surface area (Å²) in [6.45, 7) is 2.23. The van der Waals surface area contributed by atoms with Crippen LogP contribution >= 0.6 is 11.8 Å². The maximum Gasteiger partial charge on any atom is 0.277 e. The van der Waals surface area contributed by atoms with E-state index in [2.05, 4.69) is 46.7 Å². The molecule has 0 aliphatic heterocycles. The van der Waals surface area contributed by atoms with Gasteiger partial charge in [-0.1, -0.05) is 79.3 Å². The predicted molar refractivity (Wildman–Crippen MR) is 123 cm³/mol. The zero-order chi connectivity index (χ0) is 21.2. The van der Waals surface area contributed by atoms with E-state index in [0.717, 1.165) is 28.3 Å². The molecule has 5 rings (SSSR count). The topological polar surface area (TPSA) is 68.0 Å². The van der Waals surface area contributed by atoms with Gasteiger partial charge in [0, 0.05) is 5.56 Å². The number of thioether (sulfide) groups is 1. The van der Waals surface area contributed by atoms with Gasteiger partial charge in [-0.15, -0.1) is 10.2 Å². The summed E-state index contributed by atoms with van der Waals surface area (Å²) in [6.07, 6.45) is 1.14. The molecule has 0 bridgehead atoms. The number of rotatable bonds is 7. The third-order valence-corrected chi connectivity index (χ3v) is 6.62. The average molecular weight is 430 g/mol. The molecular weight excluding hydrogens is 406 g/mol. The Morgan fingerprint density at radius 2 is 1.81 bits per heavy atom. The zero-order valence-corrected chi connectivity index (χ0v) is 18.0. The first-order valence-electron chi connectivity index (χ1n) is 10.5. The fraction of sp³-hybridized carbons (Fsp3) is 0.240. The minimum atomic E-state index is -0.0246. The number of nitrogens with zero attached hydrogens (tertiary/aromatic N) is 2. The summed E-state index contributed by atoms with van der Waals surface area (Å²) in [5.41, 5.74) is 2.03. The number of nitrogens with one attached hydrogen (secondary N) is 1. The van der Waals surface area contributed by atoms with Gasteiger partial charge in [0.15, 0.2) is 0 Å². The summed E-state index contributed by atoms with van der Waals surface area (Å²) in [5.74, 6) is 1.81. The highest BCUT2D eigenvalue weighted by Gasteiger charge is 2.40. The van der Waals surface area contributed by atoms with E-state index in [1.54, 1.807) is 0 Å². The fourth-order valence-electron chi connectivity index (χ4n) is 3.96.